The van der Waals surface area contributed by atoms with Crippen LogP contribution in [0.3, 0.4) is 0 Å². The SMILES string of the molecule is CNC(C(=O)O)[C@@H]1OC(Sc2cccc(OCCc3ccccc3)c2)C[C@H]1C. The van der Waals surface area contributed by atoms with E-state index in [0.29, 0.717) is 6.61 Å². The number of carboxylic acid groups (broad SMARTS) is 1. The Morgan fingerprint density at radius 3 is 2.79 bits per heavy atom. The molecule has 1 aliphatic heterocycles. The summed E-state index contributed by atoms with van der Waals surface area (Å²) in [4.78, 5) is 12.5. The fourth-order valence-electron chi connectivity index (χ4n) is 3.43. The smallest absolute Gasteiger partial charge is 0.323 e. The summed E-state index contributed by atoms with van der Waals surface area (Å²) in [5.74, 6) is 0.136. The molecule has 1 saturated heterocycles. The number of nitrogens with one attached hydrogen (secondary N) is 1. The molecule has 2 N–H and O–H groups in total. The third-order valence-electron chi connectivity index (χ3n) is 4.91. The third-order valence-corrected chi connectivity index (χ3v) is 6.01. The van der Waals surface area contributed by atoms with Crippen LogP contribution in [-0.2, 0) is 16.0 Å². The molecule has 1 fully saturated rings. The van der Waals surface area contributed by atoms with E-state index in [1.807, 2.05) is 49.4 Å². The van der Waals surface area contributed by atoms with Gasteiger partial charge in [0, 0.05) is 11.3 Å². The first kappa shape index (κ1) is 20.7. The molecule has 2 unspecified atom stereocenters. The van der Waals surface area contributed by atoms with E-state index < -0.39 is 12.0 Å². The zero-order valence-corrected chi connectivity index (χ0v) is 17.0. The monoisotopic (exact) mass is 401 g/mol. The summed E-state index contributed by atoms with van der Waals surface area (Å²) in [6, 6.07) is 17.6. The number of ether oxygens (including phenoxy) is 2. The maximum Gasteiger partial charge on any atom is 0.323 e. The molecule has 0 spiro atoms. The van der Waals surface area contributed by atoms with Gasteiger partial charge in [0.2, 0.25) is 0 Å². The van der Waals surface area contributed by atoms with Gasteiger partial charge in [-0.2, -0.15) is 0 Å². The molecule has 0 aliphatic carbocycles. The number of aliphatic carboxylic acids is 1. The fourth-order valence-corrected chi connectivity index (χ4v) is 4.66. The first-order valence-electron chi connectivity index (χ1n) is 9.56. The van der Waals surface area contributed by atoms with Gasteiger partial charge in [-0.3, -0.25) is 4.79 Å². The van der Waals surface area contributed by atoms with Gasteiger partial charge in [-0.25, -0.2) is 0 Å². The predicted octanol–water partition coefficient (Wildman–Crippen LogP) is 3.82. The van der Waals surface area contributed by atoms with Gasteiger partial charge in [0.15, 0.2) is 0 Å². The summed E-state index contributed by atoms with van der Waals surface area (Å²) >= 11 is 1.62. The van der Waals surface area contributed by atoms with Crippen LogP contribution in [0.1, 0.15) is 18.9 Å². The highest BCUT2D eigenvalue weighted by Crippen LogP contribution is 2.38. The van der Waals surface area contributed by atoms with Gasteiger partial charge in [0.05, 0.1) is 12.7 Å². The Morgan fingerprint density at radius 2 is 2.07 bits per heavy atom. The summed E-state index contributed by atoms with van der Waals surface area (Å²) in [6.45, 7) is 2.67. The van der Waals surface area contributed by atoms with Gasteiger partial charge in [-0.1, -0.05) is 55.1 Å². The molecule has 6 heteroatoms. The largest absolute Gasteiger partial charge is 0.493 e. The van der Waals surface area contributed by atoms with Gasteiger partial charge in [-0.15, -0.1) is 0 Å². The number of likely N-dealkylation sites (N-methyl/N-ethyl adjacent to an activating group) is 1. The molecule has 0 bridgehead atoms. The Balaban J connectivity index is 1.54. The van der Waals surface area contributed by atoms with E-state index in [0.717, 1.165) is 23.5 Å². The summed E-state index contributed by atoms with van der Waals surface area (Å²) < 4.78 is 12.0. The first-order valence-corrected chi connectivity index (χ1v) is 10.4. The standard InChI is InChI=1S/C22H27NO4S/c1-15-13-19(27-21(15)20(23-2)22(24)25)28-18-10-6-9-17(14-18)26-12-11-16-7-4-3-5-8-16/h3-10,14-15,19-21,23H,11-13H2,1-2H3,(H,24,25)/t15-,19?,20?,21-/m1/s1. The molecule has 150 valence electrons. The zero-order chi connectivity index (χ0) is 19.9. The Labute approximate surface area is 170 Å². The molecule has 4 atom stereocenters. The number of hydrogen-bond acceptors (Lipinski definition) is 5. The van der Waals surface area contributed by atoms with Gasteiger partial charge in [0.1, 0.15) is 17.2 Å². The lowest BCUT2D eigenvalue weighted by molar-refractivity contribution is -0.143. The molecule has 0 aromatic heterocycles. The topological polar surface area (TPSA) is 67.8 Å². The van der Waals surface area contributed by atoms with E-state index in [-0.39, 0.29) is 17.5 Å². The molecule has 1 heterocycles. The van der Waals surface area contributed by atoms with Crippen molar-refractivity contribution in [1.29, 1.82) is 0 Å². The second-order valence-corrected chi connectivity index (χ2v) is 8.26. The van der Waals surface area contributed by atoms with Gasteiger partial charge in [-0.05, 0) is 43.1 Å². The Hall–Kier alpha value is -2.02. The van der Waals surface area contributed by atoms with Crippen molar-refractivity contribution < 1.29 is 19.4 Å². The lowest BCUT2D eigenvalue weighted by atomic mass is 9.98. The molecule has 0 radical (unpaired) electrons. The number of hydrogen-bond donors (Lipinski definition) is 2. The quantitative estimate of drug-likeness (QED) is 0.666. The summed E-state index contributed by atoms with van der Waals surface area (Å²) in [5, 5.41) is 12.2. The molecule has 0 saturated carbocycles. The highest BCUT2D eigenvalue weighted by atomic mass is 32.2. The van der Waals surface area contributed by atoms with E-state index in [1.165, 1.54) is 5.56 Å². The van der Waals surface area contributed by atoms with E-state index in [4.69, 9.17) is 9.47 Å². The lowest BCUT2D eigenvalue weighted by Gasteiger charge is -2.22. The second kappa shape index (κ2) is 9.96. The average molecular weight is 402 g/mol. The minimum Gasteiger partial charge on any atom is -0.493 e. The summed E-state index contributed by atoms with van der Waals surface area (Å²) in [7, 11) is 1.66. The predicted molar refractivity (Wildman–Crippen MR) is 111 cm³/mol. The van der Waals surface area contributed by atoms with Crippen LogP contribution in [0.4, 0.5) is 0 Å². The van der Waals surface area contributed by atoms with Gasteiger partial charge >= 0.3 is 5.97 Å². The minimum atomic E-state index is -0.876. The molecule has 2 aromatic rings. The molecule has 5 nitrogen and oxygen atoms in total. The molecule has 3 rings (SSSR count). The minimum absolute atomic E-state index is 0.0604. The number of carboxylic acids is 1. The van der Waals surface area contributed by atoms with Crippen molar-refractivity contribution in [2.45, 2.75) is 42.2 Å². The van der Waals surface area contributed by atoms with Crippen LogP contribution in [-0.4, -0.2) is 42.3 Å². The van der Waals surface area contributed by atoms with Crippen LogP contribution < -0.4 is 10.1 Å². The van der Waals surface area contributed by atoms with Crippen LogP contribution in [0.2, 0.25) is 0 Å². The van der Waals surface area contributed by atoms with Gasteiger partial charge < -0.3 is 19.9 Å². The molecular formula is C22H27NO4S. The molecule has 0 amide bonds. The number of benzene rings is 2. The third kappa shape index (κ3) is 5.50. The summed E-state index contributed by atoms with van der Waals surface area (Å²) in [6.07, 6.45) is 1.36. The second-order valence-electron chi connectivity index (χ2n) is 7.02. The zero-order valence-electron chi connectivity index (χ0n) is 16.2. The first-order chi connectivity index (χ1) is 13.6. The Kier molecular flexibility index (Phi) is 7.36. The van der Waals surface area contributed by atoms with Crippen molar-refractivity contribution in [3.8, 4) is 5.75 Å². The maximum absolute atomic E-state index is 11.4. The van der Waals surface area contributed by atoms with E-state index in [9.17, 15) is 9.90 Å². The van der Waals surface area contributed by atoms with E-state index >= 15 is 0 Å². The highest BCUT2D eigenvalue weighted by molar-refractivity contribution is 7.99. The van der Waals surface area contributed by atoms with Crippen LogP contribution in [0, 0.1) is 5.92 Å². The number of rotatable bonds is 9. The molecule has 28 heavy (non-hydrogen) atoms. The van der Waals surface area contributed by atoms with Crippen molar-refractivity contribution in [1.82, 2.24) is 5.32 Å². The average Bonchev–Trinajstić information content (AvgIpc) is 3.03. The van der Waals surface area contributed by atoms with Crippen molar-refractivity contribution in [3.63, 3.8) is 0 Å². The lowest BCUT2D eigenvalue weighted by Crippen LogP contribution is -2.46. The summed E-state index contributed by atoms with van der Waals surface area (Å²) in [5.41, 5.74) is 1.19. The maximum atomic E-state index is 11.4. The van der Waals surface area contributed by atoms with Crippen molar-refractivity contribution in [3.05, 3.63) is 60.2 Å². The Bertz CT molecular complexity index is 770. The van der Waals surface area contributed by atoms with E-state index in [1.54, 1.807) is 18.8 Å². The molecular weight excluding hydrogens is 374 g/mol. The van der Waals surface area contributed by atoms with Gasteiger partial charge in [0.25, 0.3) is 0 Å². The molecule has 2 aromatic carbocycles. The van der Waals surface area contributed by atoms with E-state index in [2.05, 4.69) is 17.4 Å². The Morgan fingerprint density at radius 1 is 1.29 bits per heavy atom. The van der Waals surface area contributed by atoms with Crippen LogP contribution >= 0.6 is 11.8 Å². The number of carbonyl (C=O) groups is 1. The van der Waals surface area contributed by atoms with Crippen molar-refractivity contribution >= 4 is 17.7 Å². The van der Waals surface area contributed by atoms with Crippen LogP contribution in [0.5, 0.6) is 5.75 Å². The number of thioether (sulfide) groups is 1. The van der Waals surface area contributed by atoms with Crippen LogP contribution in [0.25, 0.3) is 0 Å². The highest BCUT2D eigenvalue weighted by Gasteiger charge is 2.40. The van der Waals surface area contributed by atoms with Crippen molar-refractivity contribution in [2.24, 2.45) is 5.92 Å². The van der Waals surface area contributed by atoms with Crippen molar-refractivity contribution in [2.75, 3.05) is 13.7 Å². The molecule has 1 aliphatic rings. The fraction of sp³-hybridized carbons (Fsp3) is 0.409. The van der Waals surface area contributed by atoms with Crippen LogP contribution in [0.15, 0.2) is 59.5 Å². The normalized spacial score (nSPS) is 22.7.